The van der Waals surface area contributed by atoms with Gasteiger partial charge in [-0.1, -0.05) is 288 Å². The average Bonchev–Trinajstić information content (AvgIpc) is 3.39. The zero-order valence-corrected chi connectivity index (χ0v) is 48.9. The zero-order valence-electron chi connectivity index (χ0n) is 48.9. The first-order valence-corrected chi connectivity index (χ1v) is 32.1. The summed E-state index contributed by atoms with van der Waals surface area (Å²) in [6.45, 7) is 6.65. The molecule has 0 amide bonds. The molecule has 0 aromatic carbocycles. The van der Waals surface area contributed by atoms with Gasteiger partial charge in [0, 0.05) is 19.3 Å². The van der Waals surface area contributed by atoms with E-state index in [0.717, 1.165) is 77.0 Å². The minimum absolute atomic E-state index is 0.0740. The molecule has 0 aliphatic rings. The van der Waals surface area contributed by atoms with E-state index >= 15 is 0 Å². The van der Waals surface area contributed by atoms with E-state index in [2.05, 4.69) is 69.4 Å². The van der Waals surface area contributed by atoms with Gasteiger partial charge in [0.15, 0.2) is 6.10 Å². The molecule has 1 unspecified atom stereocenters. The lowest BCUT2D eigenvalue weighted by atomic mass is 10.0. The monoisotopic (exact) mass is 1020 g/mol. The molecular formula is C67H122O6. The molecule has 0 radical (unpaired) electrons. The van der Waals surface area contributed by atoms with Crippen LogP contribution in [0.4, 0.5) is 0 Å². The van der Waals surface area contributed by atoms with Crippen molar-refractivity contribution in [3.8, 4) is 0 Å². The van der Waals surface area contributed by atoms with Gasteiger partial charge >= 0.3 is 17.9 Å². The fourth-order valence-electron chi connectivity index (χ4n) is 9.45. The number of esters is 3. The summed E-state index contributed by atoms with van der Waals surface area (Å²) in [6.07, 6.45) is 76.8. The summed E-state index contributed by atoms with van der Waals surface area (Å²) in [7, 11) is 0. The summed E-state index contributed by atoms with van der Waals surface area (Å²) in [4.78, 5) is 38.3. The van der Waals surface area contributed by atoms with Crippen molar-refractivity contribution in [1.82, 2.24) is 0 Å². The summed E-state index contributed by atoms with van der Waals surface area (Å²) in [5.74, 6) is -0.865. The Morgan fingerprint density at radius 2 is 0.493 bits per heavy atom. The van der Waals surface area contributed by atoms with Gasteiger partial charge in [-0.2, -0.15) is 0 Å². The van der Waals surface area contributed by atoms with Crippen LogP contribution >= 0.6 is 0 Å². The van der Waals surface area contributed by atoms with E-state index in [1.165, 1.54) is 225 Å². The molecule has 0 heterocycles. The van der Waals surface area contributed by atoms with Crippen LogP contribution < -0.4 is 0 Å². The molecule has 0 rings (SSSR count). The third kappa shape index (κ3) is 60.1. The quantitative estimate of drug-likeness (QED) is 0.0261. The molecule has 6 heteroatoms. The molecule has 0 bridgehead atoms. The van der Waals surface area contributed by atoms with Gasteiger partial charge in [0.25, 0.3) is 0 Å². The number of carbonyl (C=O) groups is 3. The van der Waals surface area contributed by atoms with E-state index in [9.17, 15) is 14.4 Å². The van der Waals surface area contributed by atoms with Crippen molar-refractivity contribution in [3.63, 3.8) is 0 Å². The fourth-order valence-corrected chi connectivity index (χ4v) is 9.45. The highest BCUT2D eigenvalue weighted by Gasteiger charge is 2.19. The Kier molecular flexibility index (Phi) is 59.7. The van der Waals surface area contributed by atoms with Crippen LogP contribution in [-0.2, 0) is 28.6 Å². The standard InChI is InChI=1S/C67H122O6/c1-4-7-10-13-16-19-22-25-28-31-32-33-34-37-39-42-45-48-51-54-57-60-66(69)72-63-64(73-67(70)61-58-55-52-49-46-43-40-36-30-27-24-21-18-15-12-9-6-3)62-71-65(68)59-56-53-50-47-44-41-38-35-29-26-23-20-17-14-11-8-5-2/h18,21-22,25,27,30-32,64H,4-17,19-20,23-24,26,28-29,33-63H2,1-3H3/b21-18-,25-22-,30-27-,32-31-. The molecule has 0 aliphatic heterocycles. The third-order valence-electron chi connectivity index (χ3n) is 14.3. The summed E-state index contributed by atoms with van der Waals surface area (Å²) >= 11 is 0. The third-order valence-corrected chi connectivity index (χ3v) is 14.3. The van der Waals surface area contributed by atoms with E-state index < -0.39 is 6.10 Å². The van der Waals surface area contributed by atoms with Gasteiger partial charge in [0.1, 0.15) is 13.2 Å². The van der Waals surface area contributed by atoms with E-state index in [-0.39, 0.29) is 31.1 Å². The second-order valence-corrected chi connectivity index (χ2v) is 21.7. The van der Waals surface area contributed by atoms with Crippen LogP contribution in [0.2, 0.25) is 0 Å². The molecular weight excluding hydrogens is 901 g/mol. The van der Waals surface area contributed by atoms with E-state index in [0.29, 0.717) is 19.3 Å². The van der Waals surface area contributed by atoms with E-state index in [1.54, 1.807) is 0 Å². The predicted octanol–water partition coefficient (Wildman–Crippen LogP) is 21.8. The molecule has 6 nitrogen and oxygen atoms in total. The van der Waals surface area contributed by atoms with Gasteiger partial charge in [-0.15, -0.1) is 0 Å². The summed E-state index contributed by atoms with van der Waals surface area (Å²) in [5, 5.41) is 0. The number of carbonyl (C=O) groups excluding carboxylic acids is 3. The number of hydrogen-bond acceptors (Lipinski definition) is 6. The Hall–Kier alpha value is -2.63. The lowest BCUT2D eigenvalue weighted by Crippen LogP contribution is -2.30. The Morgan fingerprint density at radius 3 is 0.781 bits per heavy atom. The van der Waals surface area contributed by atoms with E-state index in [4.69, 9.17) is 14.2 Å². The fraction of sp³-hybridized carbons (Fsp3) is 0.836. The van der Waals surface area contributed by atoms with Crippen LogP contribution in [-0.4, -0.2) is 37.2 Å². The van der Waals surface area contributed by atoms with Crippen molar-refractivity contribution >= 4 is 17.9 Å². The lowest BCUT2D eigenvalue weighted by Gasteiger charge is -2.18. The Bertz CT molecular complexity index is 1270. The SMILES string of the molecule is CCCCC/C=C\C/C=C\CCCCCCCCCC(=O)OC(COC(=O)CCCCCCCCCCC/C=C\C/C=C\CCCCCCC)COC(=O)CCCCCCCCCCCCCCCCCCC. The van der Waals surface area contributed by atoms with Crippen LogP contribution in [0.5, 0.6) is 0 Å². The van der Waals surface area contributed by atoms with Crippen molar-refractivity contribution in [3.05, 3.63) is 48.6 Å². The van der Waals surface area contributed by atoms with Crippen molar-refractivity contribution < 1.29 is 28.6 Å². The van der Waals surface area contributed by atoms with Crippen LogP contribution in [0, 0.1) is 0 Å². The molecule has 0 N–H and O–H groups in total. The zero-order chi connectivity index (χ0) is 52.9. The Balaban J connectivity index is 4.35. The highest BCUT2D eigenvalue weighted by atomic mass is 16.6. The number of rotatable bonds is 59. The molecule has 0 aromatic rings. The number of hydrogen-bond donors (Lipinski definition) is 0. The number of ether oxygens (including phenoxy) is 3. The van der Waals surface area contributed by atoms with Gasteiger partial charge < -0.3 is 14.2 Å². The number of allylic oxidation sites excluding steroid dienone is 8. The maximum atomic E-state index is 12.9. The van der Waals surface area contributed by atoms with Crippen molar-refractivity contribution in [2.45, 2.75) is 348 Å². The highest BCUT2D eigenvalue weighted by Crippen LogP contribution is 2.17. The van der Waals surface area contributed by atoms with Crippen molar-refractivity contribution in [2.24, 2.45) is 0 Å². The Labute approximate surface area is 454 Å². The van der Waals surface area contributed by atoms with Gasteiger partial charge in [0.2, 0.25) is 0 Å². The van der Waals surface area contributed by atoms with Crippen LogP contribution in [0.15, 0.2) is 48.6 Å². The molecule has 0 fully saturated rings. The average molecular weight is 1020 g/mol. The number of unbranched alkanes of at least 4 members (excludes halogenated alkanes) is 40. The van der Waals surface area contributed by atoms with Crippen LogP contribution in [0.3, 0.4) is 0 Å². The maximum absolute atomic E-state index is 12.9. The van der Waals surface area contributed by atoms with Crippen LogP contribution in [0.25, 0.3) is 0 Å². The molecule has 0 aromatic heterocycles. The predicted molar refractivity (Wildman–Crippen MR) is 316 cm³/mol. The minimum atomic E-state index is -0.778. The first kappa shape index (κ1) is 70.4. The second-order valence-electron chi connectivity index (χ2n) is 21.7. The molecule has 426 valence electrons. The normalized spacial score (nSPS) is 12.3. The van der Waals surface area contributed by atoms with Gasteiger partial charge in [-0.25, -0.2) is 0 Å². The first-order chi connectivity index (χ1) is 36.0. The van der Waals surface area contributed by atoms with Crippen LogP contribution in [0.1, 0.15) is 342 Å². The second kappa shape index (κ2) is 61.9. The van der Waals surface area contributed by atoms with Gasteiger partial charge in [-0.05, 0) is 83.5 Å². The summed E-state index contributed by atoms with van der Waals surface area (Å²) in [6, 6.07) is 0. The minimum Gasteiger partial charge on any atom is -0.462 e. The van der Waals surface area contributed by atoms with E-state index in [1.807, 2.05) is 0 Å². The van der Waals surface area contributed by atoms with Crippen molar-refractivity contribution in [2.75, 3.05) is 13.2 Å². The molecule has 0 aliphatic carbocycles. The molecule has 1 atom stereocenters. The molecule has 73 heavy (non-hydrogen) atoms. The largest absolute Gasteiger partial charge is 0.462 e. The molecule has 0 saturated carbocycles. The Morgan fingerprint density at radius 1 is 0.274 bits per heavy atom. The summed E-state index contributed by atoms with van der Waals surface area (Å²) < 4.78 is 16.9. The molecule has 0 saturated heterocycles. The van der Waals surface area contributed by atoms with Gasteiger partial charge in [0.05, 0.1) is 0 Å². The smallest absolute Gasteiger partial charge is 0.306 e. The van der Waals surface area contributed by atoms with Crippen molar-refractivity contribution in [1.29, 1.82) is 0 Å². The topological polar surface area (TPSA) is 78.9 Å². The summed E-state index contributed by atoms with van der Waals surface area (Å²) in [5.41, 5.74) is 0. The molecule has 0 spiro atoms. The lowest BCUT2D eigenvalue weighted by molar-refractivity contribution is -0.167. The highest BCUT2D eigenvalue weighted by molar-refractivity contribution is 5.71. The van der Waals surface area contributed by atoms with Gasteiger partial charge in [-0.3, -0.25) is 14.4 Å². The maximum Gasteiger partial charge on any atom is 0.306 e. The first-order valence-electron chi connectivity index (χ1n) is 32.1.